The van der Waals surface area contributed by atoms with Crippen LogP contribution in [0, 0.1) is 6.92 Å². The summed E-state index contributed by atoms with van der Waals surface area (Å²) in [4.78, 5) is 0. The Bertz CT molecular complexity index is 713. The molecule has 0 spiro atoms. The van der Waals surface area contributed by atoms with E-state index in [1.54, 1.807) is 7.11 Å². The van der Waals surface area contributed by atoms with Gasteiger partial charge < -0.3 is 9.47 Å². The highest BCUT2D eigenvalue weighted by atomic mass is 16.7. The number of aryl methyl sites for hydroxylation is 1. The lowest BCUT2D eigenvalue weighted by molar-refractivity contribution is 0.0515. The Morgan fingerprint density at radius 2 is 1.38 bits per heavy atom. The van der Waals surface area contributed by atoms with Crippen LogP contribution in [0.5, 0.6) is 5.75 Å². The number of ether oxygens (including phenoxy) is 2. The molecule has 0 heterocycles. The third-order valence-corrected chi connectivity index (χ3v) is 4.87. The number of benzene rings is 2. The molecule has 0 aromatic heterocycles. The monoisotopic (exact) mass is 354 g/mol. The maximum absolute atomic E-state index is 5.92. The van der Waals surface area contributed by atoms with Gasteiger partial charge in [0.25, 0.3) is 0 Å². The number of methoxy groups -OCH3 is 1. The molecule has 142 valence electrons. The highest BCUT2D eigenvalue weighted by Crippen LogP contribution is 2.42. The van der Waals surface area contributed by atoms with E-state index in [1.807, 2.05) is 0 Å². The van der Waals surface area contributed by atoms with Gasteiger partial charge in [0.2, 0.25) is 0 Å². The molecule has 0 atom stereocenters. The van der Waals surface area contributed by atoms with Crippen LogP contribution in [0.1, 0.15) is 81.5 Å². The van der Waals surface area contributed by atoms with E-state index in [0.717, 1.165) is 5.75 Å². The summed E-state index contributed by atoms with van der Waals surface area (Å²) >= 11 is 0. The average Bonchev–Trinajstić information content (AvgIpc) is 2.59. The molecular formula is C24H34O2. The molecule has 0 saturated heterocycles. The van der Waals surface area contributed by atoms with Gasteiger partial charge >= 0.3 is 0 Å². The van der Waals surface area contributed by atoms with Crippen LogP contribution in [-0.4, -0.2) is 13.9 Å². The smallest absolute Gasteiger partial charge is 0.188 e. The first-order valence-corrected chi connectivity index (χ1v) is 9.66. The number of hydrogen-bond donors (Lipinski definition) is 0. The van der Waals surface area contributed by atoms with Crippen LogP contribution in [0.3, 0.4) is 0 Å². The maximum atomic E-state index is 5.92. The molecule has 0 N–H and O–H groups in total. The van der Waals surface area contributed by atoms with Gasteiger partial charge in [0.15, 0.2) is 6.79 Å². The predicted molar refractivity (Wildman–Crippen MR) is 111 cm³/mol. The van der Waals surface area contributed by atoms with E-state index >= 15 is 0 Å². The van der Waals surface area contributed by atoms with Gasteiger partial charge in [-0.25, -0.2) is 0 Å². The van der Waals surface area contributed by atoms with Crippen molar-refractivity contribution in [3.05, 3.63) is 52.6 Å². The van der Waals surface area contributed by atoms with E-state index in [4.69, 9.17) is 9.47 Å². The van der Waals surface area contributed by atoms with Crippen LogP contribution in [0.4, 0.5) is 0 Å². The van der Waals surface area contributed by atoms with Gasteiger partial charge in [-0.1, -0.05) is 65.3 Å². The van der Waals surface area contributed by atoms with Gasteiger partial charge in [0.05, 0.1) is 0 Å². The van der Waals surface area contributed by atoms with Gasteiger partial charge in [-0.3, -0.25) is 0 Å². The molecule has 0 radical (unpaired) electrons. The maximum Gasteiger partial charge on any atom is 0.188 e. The minimum Gasteiger partial charge on any atom is -0.467 e. The third kappa shape index (κ3) is 4.48. The Balaban J connectivity index is 2.81. The number of rotatable bonds is 7. The molecule has 0 bridgehead atoms. The summed E-state index contributed by atoms with van der Waals surface area (Å²) in [5.74, 6) is 2.29. The molecule has 0 aliphatic rings. The molecule has 2 aromatic carbocycles. The molecule has 0 unspecified atom stereocenters. The Morgan fingerprint density at radius 1 is 0.808 bits per heavy atom. The van der Waals surface area contributed by atoms with Crippen molar-refractivity contribution in [3.63, 3.8) is 0 Å². The van der Waals surface area contributed by atoms with Gasteiger partial charge in [0, 0.05) is 12.7 Å². The molecule has 2 nitrogen and oxygen atoms in total. The van der Waals surface area contributed by atoms with Crippen molar-refractivity contribution in [1.82, 2.24) is 0 Å². The van der Waals surface area contributed by atoms with Crippen molar-refractivity contribution >= 4 is 0 Å². The van der Waals surface area contributed by atoms with E-state index in [0.29, 0.717) is 17.8 Å². The molecule has 2 aromatic rings. The van der Waals surface area contributed by atoms with Crippen LogP contribution in [0.2, 0.25) is 0 Å². The van der Waals surface area contributed by atoms with Gasteiger partial charge in [-0.2, -0.15) is 0 Å². The second-order valence-electron chi connectivity index (χ2n) is 8.09. The molecule has 0 aliphatic carbocycles. The van der Waals surface area contributed by atoms with Crippen molar-refractivity contribution in [1.29, 1.82) is 0 Å². The highest BCUT2D eigenvalue weighted by molar-refractivity contribution is 5.78. The van der Waals surface area contributed by atoms with Crippen LogP contribution in [0.15, 0.2) is 30.3 Å². The quantitative estimate of drug-likeness (QED) is 0.498. The standard InChI is InChI=1S/C24H34O2/c1-15(2)19-12-20(16(3)4)24(21(13-19)17(5)6)22-11-18(7)9-10-23(22)26-14-25-8/h9-13,15-17H,14H2,1-8H3. The second kappa shape index (κ2) is 8.73. The lowest BCUT2D eigenvalue weighted by Gasteiger charge is -2.24. The van der Waals surface area contributed by atoms with Crippen molar-refractivity contribution < 1.29 is 9.47 Å². The van der Waals surface area contributed by atoms with Gasteiger partial charge in [0.1, 0.15) is 5.75 Å². The minimum absolute atomic E-state index is 0.258. The largest absolute Gasteiger partial charge is 0.467 e. The SMILES string of the molecule is COCOc1ccc(C)cc1-c1c(C(C)C)cc(C(C)C)cc1C(C)C. The van der Waals surface area contributed by atoms with Crippen molar-refractivity contribution in [2.45, 2.75) is 66.2 Å². The highest BCUT2D eigenvalue weighted by Gasteiger charge is 2.21. The Morgan fingerprint density at radius 3 is 1.85 bits per heavy atom. The molecular weight excluding hydrogens is 320 g/mol. The zero-order chi connectivity index (χ0) is 19.4. The zero-order valence-corrected chi connectivity index (χ0v) is 17.6. The summed E-state index contributed by atoms with van der Waals surface area (Å²) in [6, 6.07) is 11.2. The van der Waals surface area contributed by atoms with Crippen LogP contribution in [-0.2, 0) is 4.74 Å². The molecule has 0 saturated carbocycles. The molecule has 0 fully saturated rings. The van der Waals surface area contributed by atoms with Crippen molar-refractivity contribution in [3.8, 4) is 16.9 Å². The van der Waals surface area contributed by atoms with Crippen LogP contribution < -0.4 is 4.74 Å². The Hall–Kier alpha value is -1.80. The minimum atomic E-state index is 0.258. The first-order valence-electron chi connectivity index (χ1n) is 9.66. The lowest BCUT2D eigenvalue weighted by atomic mass is 9.81. The average molecular weight is 355 g/mol. The van der Waals surface area contributed by atoms with E-state index in [-0.39, 0.29) is 6.79 Å². The molecule has 2 rings (SSSR count). The van der Waals surface area contributed by atoms with Gasteiger partial charge in [-0.15, -0.1) is 0 Å². The lowest BCUT2D eigenvalue weighted by Crippen LogP contribution is -2.06. The van der Waals surface area contributed by atoms with Crippen molar-refractivity contribution in [2.75, 3.05) is 13.9 Å². The summed E-state index contributed by atoms with van der Waals surface area (Å²) in [7, 11) is 1.66. The fourth-order valence-corrected chi connectivity index (χ4v) is 3.35. The topological polar surface area (TPSA) is 18.5 Å². The predicted octanol–water partition coefficient (Wildman–Crippen LogP) is 7.01. The van der Waals surface area contributed by atoms with E-state index < -0.39 is 0 Å². The second-order valence-corrected chi connectivity index (χ2v) is 8.09. The summed E-state index contributed by atoms with van der Waals surface area (Å²) in [5.41, 5.74) is 7.94. The fourth-order valence-electron chi connectivity index (χ4n) is 3.35. The normalized spacial score (nSPS) is 11.7. The first-order chi connectivity index (χ1) is 12.3. The molecule has 0 amide bonds. The van der Waals surface area contributed by atoms with Gasteiger partial charge in [-0.05, 0) is 59.1 Å². The molecule has 0 aliphatic heterocycles. The first kappa shape index (κ1) is 20.5. The summed E-state index contributed by atoms with van der Waals surface area (Å²) < 4.78 is 11.1. The number of hydrogen-bond acceptors (Lipinski definition) is 2. The van der Waals surface area contributed by atoms with Crippen molar-refractivity contribution in [2.24, 2.45) is 0 Å². The van der Waals surface area contributed by atoms with E-state index in [1.165, 1.54) is 33.4 Å². The van der Waals surface area contributed by atoms with E-state index in [9.17, 15) is 0 Å². The van der Waals surface area contributed by atoms with E-state index in [2.05, 4.69) is 78.8 Å². The summed E-state index contributed by atoms with van der Waals surface area (Å²) in [6.07, 6.45) is 0. The Kier molecular flexibility index (Phi) is 6.88. The molecule has 2 heteroatoms. The Labute approximate surface area is 159 Å². The summed E-state index contributed by atoms with van der Waals surface area (Å²) in [5, 5.41) is 0. The fraction of sp³-hybridized carbons (Fsp3) is 0.500. The third-order valence-electron chi connectivity index (χ3n) is 4.87. The van der Waals surface area contributed by atoms with Crippen LogP contribution in [0.25, 0.3) is 11.1 Å². The van der Waals surface area contributed by atoms with Crippen LogP contribution >= 0.6 is 0 Å². The molecule has 26 heavy (non-hydrogen) atoms. The zero-order valence-electron chi connectivity index (χ0n) is 17.6. The summed E-state index contributed by atoms with van der Waals surface area (Å²) in [6.45, 7) is 16.0.